The minimum Gasteiger partial charge on any atom is -0.298 e. The van der Waals surface area contributed by atoms with Gasteiger partial charge in [-0.05, 0) is 24.6 Å². The van der Waals surface area contributed by atoms with E-state index in [1.54, 1.807) is 19.1 Å². The Labute approximate surface area is 81.5 Å². The molecule has 0 bridgehead atoms. The Morgan fingerprint density at radius 2 is 2.36 bits per heavy atom. The maximum absolute atomic E-state index is 11.1. The minimum absolute atomic E-state index is 0.0654. The third-order valence-corrected chi connectivity index (χ3v) is 2.30. The number of aldehydes is 1. The van der Waals surface area contributed by atoms with Gasteiger partial charge in [0.05, 0.1) is 5.69 Å². The largest absolute Gasteiger partial charge is 0.298 e. The molecule has 0 amide bonds. The first-order valence-electron chi connectivity index (χ1n) is 4.36. The van der Waals surface area contributed by atoms with Crippen molar-refractivity contribution in [3.8, 4) is 0 Å². The zero-order valence-electron chi connectivity index (χ0n) is 7.78. The third-order valence-electron chi connectivity index (χ3n) is 2.30. The number of carbonyl (C=O) groups is 2. The van der Waals surface area contributed by atoms with Gasteiger partial charge in [0.2, 0.25) is 0 Å². The molecule has 70 valence electrons. The van der Waals surface area contributed by atoms with Crippen LogP contribution in [0.4, 0.5) is 0 Å². The molecule has 1 aliphatic rings. The van der Waals surface area contributed by atoms with Gasteiger partial charge in [0, 0.05) is 23.8 Å². The number of ketones is 1. The number of fused-ring (bicyclic) bond motifs is 1. The fourth-order valence-corrected chi connectivity index (χ4v) is 1.51. The Morgan fingerprint density at radius 1 is 1.57 bits per heavy atom. The van der Waals surface area contributed by atoms with Crippen molar-refractivity contribution in [1.29, 1.82) is 0 Å². The van der Waals surface area contributed by atoms with Gasteiger partial charge in [0.15, 0.2) is 12.1 Å². The summed E-state index contributed by atoms with van der Waals surface area (Å²) >= 11 is 0. The summed E-state index contributed by atoms with van der Waals surface area (Å²) < 4.78 is 0. The normalized spacial score (nSPS) is 13.4. The summed E-state index contributed by atoms with van der Waals surface area (Å²) in [4.78, 5) is 25.7. The molecule has 0 atom stereocenters. The number of hydrogen-bond acceptors (Lipinski definition) is 3. The summed E-state index contributed by atoms with van der Waals surface area (Å²) in [5, 5.41) is 0. The van der Waals surface area contributed by atoms with Gasteiger partial charge in [-0.15, -0.1) is 0 Å². The number of nitrogens with zero attached hydrogens (tertiary/aromatic N) is 1. The summed E-state index contributed by atoms with van der Waals surface area (Å²) in [6.07, 6.45) is 4.68. The molecule has 0 saturated heterocycles. The highest BCUT2D eigenvalue weighted by atomic mass is 16.1. The Morgan fingerprint density at radius 3 is 3.00 bits per heavy atom. The fourth-order valence-electron chi connectivity index (χ4n) is 1.51. The van der Waals surface area contributed by atoms with E-state index in [0.717, 1.165) is 23.1 Å². The van der Waals surface area contributed by atoms with Crippen LogP contribution in [0.3, 0.4) is 0 Å². The average molecular weight is 187 g/mol. The highest BCUT2D eigenvalue weighted by Crippen LogP contribution is 2.23. The van der Waals surface area contributed by atoms with Crippen molar-refractivity contribution < 1.29 is 9.59 Å². The number of Topliss-reactive ketones (excluding diaryl/α,β-unsaturated/α-hetero) is 1. The Balaban J connectivity index is 2.43. The van der Waals surface area contributed by atoms with E-state index in [9.17, 15) is 9.59 Å². The van der Waals surface area contributed by atoms with Crippen molar-refractivity contribution in [2.45, 2.75) is 13.3 Å². The molecule has 1 aromatic rings. The molecule has 0 spiro atoms. The van der Waals surface area contributed by atoms with E-state index >= 15 is 0 Å². The zero-order valence-corrected chi connectivity index (χ0v) is 7.78. The topological polar surface area (TPSA) is 47.0 Å². The maximum Gasteiger partial charge on any atom is 0.156 e. The second-order valence-corrected chi connectivity index (χ2v) is 3.32. The lowest BCUT2D eigenvalue weighted by Gasteiger charge is -1.97. The van der Waals surface area contributed by atoms with Crippen LogP contribution in [0.1, 0.15) is 28.5 Å². The van der Waals surface area contributed by atoms with E-state index in [1.165, 1.54) is 6.20 Å². The van der Waals surface area contributed by atoms with Crippen LogP contribution < -0.4 is 0 Å². The first-order valence-corrected chi connectivity index (χ1v) is 4.36. The molecule has 0 N–H and O–H groups in total. The number of hydrogen-bond donors (Lipinski definition) is 0. The van der Waals surface area contributed by atoms with E-state index in [0.29, 0.717) is 12.0 Å². The van der Waals surface area contributed by atoms with Crippen LogP contribution in [0.15, 0.2) is 17.8 Å². The number of pyridine rings is 1. The number of carbonyl (C=O) groups excluding carboxylic acids is 2. The molecule has 3 nitrogen and oxygen atoms in total. The van der Waals surface area contributed by atoms with Crippen molar-refractivity contribution in [1.82, 2.24) is 4.98 Å². The molecular weight excluding hydrogens is 178 g/mol. The van der Waals surface area contributed by atoms with Crippen molar-refractivity contribution in [3.63, 3.8) is 0 Å². The van der Waals surface area contributed by atoms with Gasteiger partial charge in [0.25, 0.3) is 0 Å². The predicted octanol–water partition coefficient (Wildman–Crippen LogP) is 1.42. The highest BCUT2D eigenvalue weighted by Gasteiger charge is 2.16. The predicted molar refractivity (Wildman–Crippen MR) is 52.0 cm³/mol. The van der Waals surface area contributed by atoms with Crippen LogP contribution in [0.25, 0.3) is 6.08 Å². The van der Waals surface area contributed by atoms with E-state index in [1.807, 2.05) is 0 Å². The first kappa shape index (κ1) is 8.81. The molecule has 0 radical (unpaired) electrons. The Bertz CT molecular complexity index is 447. The van der Waals surface area contributed by atoms with Gasteiger partial charge in [-0.3, -0.25) is 14.6 Å². The van der Waals surface area contributed by atoms with Crippen LogP contribution in [-0.4, -0.2) is 17.1 Å². The van der Waals surface area contributed by atoms with Crippen LogP contribution in [0.5, 0.6) is 0 Å². The van der Waals surface area contributed by atoms with Crippen molar-refractivity contribution in [3.05, 3.63) is 34.7 Å². The molecule has 0 aliphatic heterocycles. The summed E-state index contributed by atoms with van der Waals surface area (Å²) in [5.74, 6) is 0.0654. The van der Waals surface area contributed by atoms with Gasteiger partial charge < -0.3 is 0 Å². The van der Waals surface area contributed by atoms with Gasteiger partial charge >= 0.3 is 0 Å². The molecule has 1 heterocycles. The van der Waals surface area contributed by atoms with Crippen LogP contribution in [0.2, 0.25) is 0 Å². The molecule has 1 aliphatic carbocycles. The summed E-state index contributed by atoms with van der Waals surface area (Å²) in [7, 11) is 0. The van der Waals surface area contributed by atoms with Gasteiger partial charge in [-0.25, -0.2) is 0 Å². The van der Waals surface area contributed by atoms with E-state index < -0.39 is 0 Å². The number of aromatic nitrogens is 1. The smallest absolute Gasteiger partial charge is 0.156 e. The summed E-state index contributed by atoms with van der Waals surface area (Å²) in [6, 6.07) is 1.76. The van der Waals surface area contributed by atoms with Gasteiger partial charge in [-0.1, -0.05) is 0 Å². The monoisotopic (exact) mass is 187 g/mol. The lowest BCUT2D eigenvalue weighted by Crippen LogP contribution is -1.97. The maximum atomic E-state index is 11.1. The van der Waals surface area contributed by atoms with Crippen molar-refractivity contribution in [2.24, 2.45) is 0 Å². The molecule has 3 heteroatoms. The second-order valence-electron chi connectivity index (χ2n) is 3.32. The molecule has 0 aromatic carbocycles. The molecule has 1 aromatic heterocycles. The molecule has 0 unspecified atom stereocenters. The van der Waals surface area contributed by atoms with Crippen molar-refractivity contribution in [2.75, 3.05) is 0 Å². The molecular formula is C11H9NO2. The van der Waals surface area contributed by atoms with E-state index in [4.69, 9.17) is 0 Å². The second kappa shape index (κ2) is 3.18. The third kappa shape index (κ3) is 1.37. The lowest BCUT2D eigenvalue weighted by molar-refractivity contribution is -0.113. The number of rotatable bonds is 2. The zero-order chi connectivity index (χ0) is 10.1. The number of allylic oxidation sites excluding steroid dienone is 1. The Hall–Kier alpha value is -1.77. The quantitative estimate of drug-likeness (QED) is 0.658. The standard InChI is InChI=1S/C11H9NO2/c1-7(14)9-3-10-2-8(6-13)5-12-11(10)4-9/h2-3,5-6H,4H2,1H3. The van der Waals surface area contributed by atoms with Crippen LogP contribution in [0, 0.1) is 0 Å². The first-order chi connectivity index (χ1) is 6.70. The molecule has 0 saturated carbocycles. The summed E-state index contributed by atoms with van der Waals surface area (Å²) in [5.41, 5.74) is 3.07. The Kier molecular flexibility index (Phi) is 2.00. The SMILES string of the molecule is CC(=O)C1=Cc2cc(C=O)cnc2C1. The van der Waals surface area contributed by atoms with E-state index in [2.05, 4.69) is 4.98 Å². The highest BCUT2D eigenvalue weighted by molar-refractivity contribution is 6.00. The fraction of sp³-hybridized carbons (Fsp3) is 0.182. The molecule has 2 rings (SSSR count). The van der Waals surface area contributed by atoms with Crippen LogP contribution >= 0.6 is 0 Å². The van der Waals surface area contributed by atoms with Crippen molar-refractivity contribution >= 4 is 18.1 Å². The molecule has 0 fully saturated rings. The van der Waals surface area contributed by atoms with Crippen LogP contribution in [-0.2, 0) is 11.2 Å². The minimum atomic E-state index is 0.0654. The lowest BCUT2D eigenvalue weighted by atomic mass is 10.1. The average Bonchev–Trinajstić information content (AvgIpc) is 2.59. The molecule has 14 heavy (non-hydrogen) atoms. The van der Waals surface area contributed by atoms with E-state index in [-0.39, 0.29) is 5.78 Å². The van der Waals surface area contributed by atoms with Gasteiger partial charge in [-0.2, -0.15) is 0 Å². The summed E-state index contributed by atoms with van der Waals surface area (Å²) in [6.45, 7) is 1.54. The van der Waals surface area contributed by atoms with Gasteiger partial charge in [0.1, 0.15) is 0 Å².